The molecule has 1 aliphatic rings. The number of aryl methyl sites for hydroxylation is 1. The number of halogens is 1. The van der Waals surface area contributed by atoms with E-state index in [0.29, 0.717) is 17.0 Å². The van der Waals surface area contributed by atoms with Crippen LogP contribution in [0.2, 0.25) is 0 Å². The molecular weight excluding hydrogens is 506 g/mol. The van der Waals surface area contributed by atoms with Crippen molar-refractivity contribution >= 4 is 40.4 Å². The molecule has 0 unspecified atom stereocenters. The monoisotopic (exact) mass is 541 g/mol. The number of carbonyl (C=O) groups is 2. The van der Waals surface area contributed by atoms with Crippen LogP contribution in [-0.2, 0) is 4.79 Å². The third kappa shape index (κ3) is 6.02. The van der Waals surface area contributed by atoms with Crippen molar-refractivity contribution in [3.63, 3.8) is 0 Å². The molecule has 38 heavy (non-hydrogen) atoms. The van der Waals surface area contributed by atoms with Crippen molar-refractivity contribution in [1.29, 1.82) is 0 Å². The molecule has 204 valence electrons. The van der Waals surface area contributed by atoms with Crippen molar-refractivity contribution in [3.05, 3.63) is 63.8 Å². The van der Waals surface area contributed by atoms with Crippen molar-refractivity contribution in [3.8, 4) is 17.2 Å². The Hall–Kier alpha value is -3.78. The lowest BCUT2D eigenvalue weighted by molar-refractivity contribution is -0.112. The van der Waals surface area contributed by atoms with E-state index in [1.165, 1.54) is 33.5 Å². The summed E-state index contributed by atoms with van der Waals surface area (Å²) in [5, 5.41) is 2.65. The average Bonchev–Trinajstić information content (AvgIpc) is 2.90. The van der Waals surface area contributed by atoms with E-state index in [9.17, 15) is 9.59 Å². The van der Waals surface area contributed by atoms with Crippen LogP contribution in [0.25, 0.3) is 0 Å². The molecule has 9 heteroatoms. The van der Waals surface area contributed by atoms with Gasteiger partial charge >= 0.3 is 0 Å². The van der Waals surface area contributed by atoms with Crippen LogP contribution in [0, 0.1) is 6.92 Å². The van der Waals surface area contributed by atoms with Crippen LogP contribution < -0.4 is 24.4 Å². The number of hydrogen-bond acceptors (Lipinski definition) is 7. The molecule has 0 aromatic heterocycles. The molecular formula is C29H36ClN3O5. The van der Waals surface area contributed by atoms with E-state index in [2.05, 4.69) is 30.1 Å². The molecule has 2 aromatic rings. The topological polar surface area (TPSA) is 89.5 Å². The Labute approximate surface area is 229 Å². The SMILES string of the molecule is C.CCN(CC)c1ccc(N=C2C=C(NC(=O)c3ccc(OC)c(OC)c3OC)C(=O)C(Cl)=C2C)c(C)c1. The number of allylic oxidation sites excluding steroid dienone is 3. The van der Waals surface area contributed by atoms with Gasteiger partial charge in [0.15, 0.2) is 11.5 Å². The molecule has 0 aliphatic heterocycles. The van der Waals surface area contributed by atoms with Crippen LogP contribution in [0.1, 0.15) is 44.1 Å². The molecule has 0 saturated heterocycles. The number of aliphatic imine (C=N–C) groups is 1. The number of methoxy groups -OCH3 is 3. The third-order valence-electron chi connectivity index (χ3n) is 6.19. The standard InChI is InChI=1S/C28H32ClN3O5.CH4/c1-8-32(9-2)18-10-12-20(16(3)14-18)30-21-15-22(25(33)24(29)17(21)4)31-28(34)19-11-13-23(35-5)27(37-7)26(19)36-6;/h10-15H,8-9H2,1-7H3,(H,31,34);1H4. The quantitative estimate of drug-likeness (QED) is 0.392. The summed E-state index contributed by atoms with van der Waals surface area (Å²) in [5.74, 6) is -0.220. The smallest absolute Gasteiger partial charge is 0.259 e. The van der Waals surface area contributed by atoms with Crippen LogP contribution in [0.5, 0.6) is 17.2 Å². The van der Waals surface area contributed by atoms with Gasteiger partial charge in [0.2, 0.25) is 11.5 Å². The fourth-order valence-electron chi connectivity index (χ4n) is 4.07. The highest BCUT2D eigenvalue weighted by molar-refractivity contribution is 6.49. The van der Waals surface area contributed by atoms with Gasteiger partial charge < -0.3 is 24.4 Å². The third-order valence-corrected chi connectivity index (χ3v) is 6.64. The molecule has 8 nitrogen and oxygen atoms in total. The number of rotatable bonds is 9. The number of carbonyl (C=O) groups excluding carboxylic acids is 2. The first-order chi connectivity index (χ1) is 17.7. The van der Waals surface area contributed by atoms with Crippen LogP contribution in [0.3, 0.4) is 0 Å². The number of Topliss-reactive ketones (excluding diaryl/α,β-unsaturated/α-hetero) is 1. The molecule has 1 N–H and O–H groups in total. The van der Waals surface area contributed by atoms with E-state index in [-0.39, 0.29) is 35.2 Å². The van der Waals surface area contributed by atoms with Crippen molar-refractivity contribution in [2.45, 2.75) is 35.1 Å². The predicted octanol–water partition coefficient (Wildman–Crippen LogP) is 5.99. The summed E-state index contributed by atoms with van der Waals surface area (Å²) in [6, 6.07) is 9.15. The number of nitrogens with zero attached hydrogens (tertiary/aromatic N) is 2. The first-order valence-electron chi connectivity index (χ1n) is 11.9. The maximum atomic E-state index is 13.2. The van der Waals surface area contributed by atoms with Crippen molar-refractivity contribution in [2.24, 2.45) is 4.99 Å². The van der Waals surface area contributed by atoms with Gasteiger partial charge in [0, 0.05) is 18.8 Å². The maximum Gasteiger partial charge on any atom is 0.259 e. The largest absolute Gasteiger partial charge is 0.493 e. The summed E-state index contributed by atoms with van der Waals surface area (Å²) in [6.45, 7) is 9.74. The summed E-state index contributed by atoms with van der Waals surface area (Å²) in [6.07, 6.45) is 1.53. The van der Waals surface area contributed by atoms with Gasteiger partial charge in [0.05, 0.1) is 49.0 Å². The Kier molecular flexibility index (Phi) is 10.5. The molecule has 0 bridgehead atoms. The zero-order valence-electron chi connectivity index (χ0n) is 22.2. The molecule has 0 spiro atoms. The zero-order valence-corrected chi connectivity index (χ0v) is 22.9. The lowest BCUT2D eigenvalue weighted by atomic mass is 10.0. The Balaban J connectivity index is 0.00000507. The summed E-state index contributed by atoms with van der Waals surface area (Å²) in [5.41, 5.74) is 4.02. The Morgan fingerprint density at radius 1 is 1.00 bits per heavy atom. The van der Waals surface area contributed by atoms with Gasteiger partial charge in [-0.05, 0) is 75.2 Å². The Morgan fingerprint density at radius 2 is 1.66 bits per heavy atom. The normalized spacial score (nSPS) is 14.1. The lowest BCUT2D eigenvalue weighted by Gasteiger charge is -2.22. The Morgan fingerprint density at radius 3 is 2.21 bits per heavy atom. The molecule has 0 atom stereocenters. The highest BCUT2D eigenvalue weighted by atomic mass is 35.5. The second kappa shape index (κ2) is 13.1. The summed E-state index contributed by atoms with van der Waals surface area (Å²) in [4.78, 5) is 33.1. The number of amides is 1. The van der Waals surface area contributed by atoms with E-state index in [4.69, 9.17) is 30.8 Å². The number of hydrogen-bond donors (Lipinski definition) is 1. The highest BCUT2D eigenvalue weighted by Crippen LogP contribution is 2.40. The van der Waals surface area contributed by atoms with Gasteiger partial charge in [-0.2, -0.15) is 0 Å². The van der Waals surface area contributed by atoms with Crippen LogP contribution in [0.4, 0.5) is 11.4 Å². The number of ether oxygens (including phenoxy) is 3. The van der Waals surface area contributed by atoms with Gasteiger partial charge in [-0.15, -0.1) is 0 Å². The van der Waals surface area contributed by atoms with E-state index in [1.807, 2.05) is 19.1 Å². The van der Waals surface area contributed by atoms with Gasteiger partial charge in [0.1, 0.15) is 0 Å². The minimum atomic E-state index is -0.569. The molecule has 0 saturated carbocycles. The second-order valence-corrected chi connectivity index (χ2v) is 8.68. The van der Waals surface area contributed by atoms with Gasteiger partial charge in [-0.25, -0.2) is 4.99 Å². The molecule has 1 aliphatic carbocycles. The van der Waals surface area contributed by atoms with E-state index >= 15 is 0 Å². The fraction of sp³-hybridized carbons (Fsp3) is 0.345. The number of ketones is 1. The van der Waals surface area contributed by atoms with Crippen molar-refractivity contribution < 1.29 is 23.8 Å². The van der Waals surface area contributed by atoms with Crippen LogP contribution in [-0.4, -0.2) is 51.8 Å². The minimum Gasteiger partial charge on any atom is -0.493 e. The molecule has 0 radical (unpaired) electrons. The highest BCUT2D eigenvalue weighted by Gasteiger charge is 2.28. The van der Waals surface area contributed by atoms with E-state index < -0.39 is 11.7 Å². The number of nitrogens with one attached hydrogen (secondary N) is 1. The molecule has 0 fully saturated rings. The first kappa shape index (κ1) is 30.4. The van der Waals surface area contributed by atoms with E-state index in [0.717, 1.165) is 30.0 Å². The van der Waals surface area contributed by atoms with Crippen LogP contribution in [0.15, 0.2) is 57.7 Å². The number of anilines is 1. The predicted molar refractivity (Wildman–Crippen MR) is 154 cm³/mol. The van der Waals surface area contributed by atoms with Crippen LogP contribution >= 0.6 is 11.6 Å². The molecule has 2 aromatic carbocycles. The fourth-order valence-corrected chi connectivity index (χ4v) is 4.27. The summed E-state index contributed by atoms with van der Waals surface area (Å²) in [7, 11) is 4.35. The van der Waals surface area contributed by atoms with Crippen molar-refractivity contribution in [1.82, 2.24) is 5.32 Å². The van der Waals surface area contributed by atoms with Crippen molar-refractivity contribution in [2.75, 3.05) is 39.3 Å². The maximum absolute atomic E-state index is 13.2. The van der Waals surface area contributed by atoms with Gasteiger partial charge in [-0.3, -0.25) is 9.59 Å². The van der Waals surface area contributed by atoms with E-state index in [1.54, 1.807) is 13.0 Å². The summed E-state index contributed by atoms with van der Waals surface area (Å²) >= 11 is 6.38. The average molecular weight is 542 g/mol. The molecule has 0 heterocycles. The molecule has 1 amide bonds. The first-order valence-corrected chi connectivity index (χ1v) is 12.3. The van der Waals surface area contributed by atoms with Gasteiger partial charge in [0.25, 0.3) is 5.91 Å². The van der Waals surface area contributed by atoms with Gasteiger partial charge in [-0.1, -0.05) is 19.0 Å². The molecule has 3 rings (SSSR count). The zero-order chi connectivity index (χ0) is 27.3. The Bertz CT molecular complexity index is 1310. The number of benzene rings is 2. The minimum absolute atomic E-state index is 0. The second-order valence-electron chi connectivity index (χ2n) is 8.30. The summed E-state index contributed by atoms with van der Waals surface area (Å²) < 4.78 is 16.0. The lowest BCUT2D eigenvalue weighted by Crippen LogP contribution is -2.31.